The highest BCUT2D eigenvalue weighted by Gasteiger charge is 2.20. The molecule has 6 heteroatoms. The van der Waals surface area contributed by atoms with Gasteiger partial charge in [-0.1, -0.05) is 68.6 Å². The number of amides is 1. The van der Waals surface area contributed by atoms with Crippen LogP contribution in [-0.4, -0.2) is 22.0 Å². The first kappa shape index (κ1) is 22.6. The van der Waals surface area contributed by atoms with Crippen LogP contribution in [0.3, 0.4) is 0 Å². The number of halogens is 2. The van der Waals surface area contributed by atoms with Crippen molar-refractivity contribution in [3.63, 3.8) is 0 Å². The quantitative estimate of drug-likeness (QED) is 0.415. The third kappa shape index (κ3) is 5.55. The zero-order chi connectivity index (χ0) is 21.7. The summed E-state index contributed by atoms with van der Waals surface area (Å²) >= 11 is 12.8. The van der Waals surface area contributed by atoms with Crippen LogP contribution in [0.1, 0.15) is 51.4 Å². The zero-order valence-corrected chi connectivity index (χ0v) is 19.4. The van der Waals surface area contributed by atoms with Crippen LogP contribution in [0.4, 0.5) is 0 Å². The first-order valence-electron chi connectivity index (χ1n) is 10.4. The minimum absolute atomic E-state index is 0.0981. The van der Waals surface area contributed by atoms with E-state index in [4.69, 9.17) is 28.2 Å². The number of carbonyl (C=O) groups is 1. The van der Waals surface area contributed by atoms with Gasteiger partial charge in [-0.15, -0.1) is 0 Å². The number of benzene rings is 2. The molecule has 4 nitrogen and oxygen atoms in total. The number of rotatable bonds is 8. The number of unbranched alkanes of at least 4 members (excludes halogenated alkanes) is 2. The number of aryl methyl sites for hydroxylation is 1. The van der Waals surface area contributed by atoms with E-state index >= 15 is 0 Å². The SMILES string of the molecule is CC(C)(C)C(=O)NCCCCCc1nc2ccccc2n1Cc1c(Cl)cccc1Cl. The van der Waals surface area contributed by atoms with E-state index < -0.39 is 0 Å². The van der Waals surface area contributed by atoms with Gasteiger partial charge in [-0.25, -0.2) is 4.98 Å². The van der Waals surface area contributed by atoms with Crippen LogP contribution in [0.2, 0.25) is 10.0 Å². The molecule has 0 bridgehead atoms. The van der Waals surface area contributed by atoms with E-state index in [0.29, 0.717) is 23.1 Å². The fourth-order valence-corrected chi connectivity index (χ4v) is 3.90. The summed E-state index contributed by atoms with van der Waals surface area (Å²) in [6.45, 7) is 7.09. The fraction of sp³-hybridized carbons (Fsp3) is 0.417. The Bertz CT molecular complexity index is 1000. The Morgan fingerprint density at radius 1 is 1.00 bits per heavy atom. The Hall–Kier alpha value is -2.04. The van der Waals surface area contributed by atoms with Gasteiger partial charge >= 0.3 is 0 Å². The molecular weight excluding hydrogens is 417 g/mol. The molecule has 1 aromatic heterocycles. The number of hydrogen-bond donors (Lipinski definition) is 1. The van der Waals surface area contributed by atoms with Crippen molar-refractivity contribution >= 4 is 40.1 Å². The molecule has 0 radical (unpaired) electrons. The first-order chi connectivity index (χ1) is 14.3. The molecule has 3 rings (SSSR count). The molecule has 0 aliphatic heterocycles. The summed E-state index contributed by atoms with van der Waals surface area (Å²) < 4.78 is 2.21. The normalized spacial score (nSPS) is 11.8. The van der Waals surface area contributed by atoms with Crippen LogP contribution in [0.15, 0.2) is 42.5 Å². The maximum atomic E-state index is 11.9. The monoisotopic (exact) mass is 445 g/mol. The Balaban J connectivity index is 1.66. The van der Waals surface area contributed by atoms with Gasteiger partial charge in [-0.3, -0.25) is 4.79 Å². The lowest BCUT2D eigenvalue weighted by Gasteiger charge is -2.17. The maximum absolute atomic E-state index is 11.9. The number of para-hydroxylation sites is 2. The summed E-state index contributed by atoms with van der Waals surface area (Å²) in [6, 6.07) is 13.7. The smallest absolute Gasteiger partial charge is 0.225 e. The summed E-state index contributed by atoms with van der Waals surface area (Å²) in [6.07, 6.45) is 3.85. The van der Waals surface area contributed by atoms with Gasteiger partial charge in [-0.2, -0.15) is 0 Å². The van der Waals surface area contributed by atoms with E-state index in [2.05, 4.69) is 16.0 Å². The van der Waals surface area contributed by atoms with Crippen molar-refractivity contribution in [3.05, 3.63) is 63.9 Å². The van der Waals surface area contributed by atoms with Gasteiger partial charge < -0.3 is 9.88 Å². The molecule has 30 heavy (non-hydrogen) atoms. The third-order valence-corrected chi connectivity index (χ3v) is 5.86. The van der Waals surface area contributed by atoms with Gasteiger partial charge in [0, 0.05) is 34.0 Å². The predicted molar refractivity (Wildman–Crippen MR) is 125 cm³/mol. The van der Waals surface area contributed by atoms with Crippen LogP contribution in [0.25, 0.3) is 11.0 Å². The van der Waals surface area contributed by atoms with E-state index in [-0.39, 0.29) is 11.3 Å². The molecule has 0 aliphatic carbocycles. The molecule has 1 amide bonds. The highest BCUT2D eigenvalue weighted by atomic mass is 35.5. The molecule has 0 saturated carbocycles. The molecular formula is C24H29Cl2N3O. The molecule has 0 spiro atoms. The molecule has 1 heterocycles. The summed E-state index contributed by atoms with van der Waals surface area (Å²) in [5.74, 6) is 1.13. The van der Waals surface area contributed by atoms with E-state index in [1.807, 2.05) is 57.2 Å². The van der Waals surface area contributed by atoms with Crippen molar-refractivity contribution in [2.75, 3.05) is 6.54 Å². The summed E-state index contributed by atoms with van der Waals surface area (Å²) in [5, 5.41) is 4.35. The Morgan fingerprint density at radius 3 is 2.40 bits per heavy atom. The van der Waals surface area contributed by atoms with Gasteiger partial charge in [0.1, 0.15) is 5.82 Å². The van der Waals surface area contributed by atoms with E-state index in [1.165, 1.54) is 0 Å². The van der Waals surface area contributed by atoms with Crippen LogP contribution < -0.4 is 5.32 Å². The number of imidazole rings is 1. The number of hydrogen-bond acceptors (Lipinski definition) is 2. The fourth-order valence-electron chi connectivity index (χ4n) is 3.39. The molecule has 0 saturated heterocycles. The van der Waals surface area contributed by atoms with Gasteiger partial charge in [-0.05, 0) is 37.1 Å². The Morgan fingerprint density at radius 2 is 1.70 bits per heavy atom. The van der Waals surface area contributed by atoms with E-state index in [0.717, 1.165) is 48.1 Å². The highest BCUT2D eigenvalue weighted by Crippen LogP contribution is 2.28. The lowest BCUT2D eigenvalue weighted by atomic mass is 9.96. The van der Waals surface area contributed by atoms with Gasteiger partial charge in [0.25, 0.3) is 0 Å². The zero-order valence-electron chi connectivity index (χ0n) is 17.8. The molecule has 0 aliphatic rings. The van der Waals surface area contributed by atoms with E-state index in [1.54, 1.807) is 0 Å². The van der Waals surface area contributed by atoms with Crippen molar-refractivity contribution < 1.29 is 4.79 Å². The number of nitrogens with one attached hydrogen (secondary N) is 1. The number of carbonyl (C=O) groups excluding carboxylic acids is 1. The van der Waals surface area contributed by atoms with Crippen molar-refractivity contribution in [1.29, 1.82) is 0 Å². The van der Waals surface area contributed by atoms with Gasteiger partial charge in [0.2, 0.25) is 5.91 Å². The summed E-state index contributed by atoms with van der Waals surface area (Å²) in [5.41, 5.74) is 2.63. The topological polar surface area (TPSA) is 46.9 Å². The van der Waals surface area contributed by atoms with Crippen molar-refractivity contribution in [2.24, 2.45) is 5.41 Å². The van der Waals surface area contributed by atoms with Crippen LogP contribution in [-0.2, 0) is 17.8 Å². The average Bonchev–Trinajstić information content (AvgIpc) is 3.04. The summed E-state index contributed by atoms with van der Waals surface area (Å²) in [7, 11) is 0. The van der Waals surface area contributed by atoms with Gasteiger partial charge in [0.05, 0.1) is 17.6 Å². The standard InChI is InChI=1S/C24H29Cl2N3O/c1-24(2,3)23(30)27-15-8-4-5-14-22-28-20-12-6-7-13-21(20)29(22)16-17-18(25)10-9-11-19(17)26/h6-7,9-13H,4-5,8,14-16H2,1-3H3,(H,27,30). The highest BCUT2D eigenvalue weighted by molar-refractivity contribution is 6.36. The molecule has 2 aromatic carbocycles. The lowest BCUT2D eigenvalue weighted by molar-refractivity contribution is -0.128. The second-order valence-electron chi connectivity index (χ2n) is 8.62. The average molecular weight is 446 g/mol. The molecule has 1 N–H and O–H groups in total. The number of aromatic nitrogens is 2. The predicted octanol–water partition coefficient (Wildman–Crippen LogP) is 6.27. The van der Waals surface area contributed by atoms with Crippen LogP contribution >= 0.6 is 23.2 Å². The third-order valence-electron chi connectivity index (χ3n) is 5.16. The van der Waals surface area contributed by atoms with Crippen molar-refractivity contribution in [3.8, 4) is 0 Å². The largest absolute Gasteiger partial charge is 0.356 e. The first-order valence-corrected chi connectivity index (χ1v) is 11.2. The molecule has 0 atom stereocenters. The molecule has 0 fully saturated rings. The van der Waals surface area contributed by atoms with Crippen molar-refractivity contribution in [1.82, 2.24) is 14.9 Å². The summed E-state index contributed by atoms with van der Waals surface area (Å²) in [4.78, 5) is 16.8. The van der Waals surface area contributed by atoms with Crippen LogP contribution in [0, 0.1) is 5.41 Å². The molecule has 0 unspecified atom stereocenters. The number of fused-ring (bicyclic) bond motifs is 1. The molecule has 160 valence electrons. The van der Waals surface area contributed by atoms with E-state index in [9.17, 15) is 4.79 Å². The minimum atomic E-state index is -0.342. The van der Waals surface area contributed by atoms with Crippen LogP contribution in [0.5, 0.6) is 0 Å². The van der Waals surface area contributed by atoms with Crippen molar-refractivity contribution in [2.45, 2.75) is 53.0 Å². The second-order valence-corrected chi connectivity index (χ2v) is 9.43. The molecule has 3 aromatic rings. The lowest BCUT2D eigenvalue weighted by Crippen LogP contribution is -2.35. The van der Waals surface area contributed by atoms with Gasteiger partial charge in [0.15, 0.2) is 0 Å². The number of nitrogens with zero attached hydrogens (tertiary/aromatic N) is 2. The second kappa shape index (κ2) is 9.84. The minimum Gasteiger partial charge on any atom is -0.356 e. The Kier molecular flexibility index (Phi) is 7.43. The maximum Gasteiger partial charge on any atom is 0.225 e. The Labute approximate surface area is 188 Å².